The molecule has 1 aliphatic carbocycles. The van der Waals surface area contributed by atoms with E-state index >= 15 is 0 Å². The van der Waals surface area contributed by atoms with Crippen molar-refractivity contribution < 1.29 is 4.74 Å². The molecule has 88 valence electrons. The fourth-order valence-corrected chi connectivity index (χ4v) is 3.07. The highest BCUT2D eigenvalue weighted by molar-refractivity contribution is 4.79. The third kappa shape index (κ3) is 3.46. The van der Waals surface area contributed by atoms with Gasteiger partial charge in [0.1, 0.15) is 0 Å². The predicted molar refractivity (Wildman–Crippen MR) is 62.8 cm³/mol. The first-order chi connectivity index (χ1) is 7.36. The van der Waals surface area contributed by atoms with Crippen LogP contribution in [0.4, 0.5) is 0 Å². The molecule has 2 rings (SSSR count). The van der Waals surface area contributed by atoms with Crippen LogP contribution >= 0.6 is 0 Å². The van der Waals surface area contributed by atoms with Gasteiger partial charge in [-0.05, 0) is 38.0 Å². The van der Waals surface area contributed by atoms with Crippen molar-refractivity contribution in [1.29, 1.82) is 0 Å². The van der Waals surface area contributed by atoms with Gasteiger partial charge in [0.2, 0.25) is 0 Å². The molecule has 15 heavy (non-hydrogen) atoms. The van der Waals surface area contributed by atoms with Crippen LogP contribution in [0.15, 0.2) is 0 Å². The standard InChI is InChI=1S/C13H25NO/c14-13(10-12-8-5-9-15-12)11-6-3-1-2-4-7-11/h11-13H,1-10,14H2. The SMILES string of the molecule is NC(CC1CCCO1)C1CCCCCC1. The molecule has 1 heterocycles. The minimum absolute atomic E-state index is 0.395. The minimum atomic E-state index is 0.395. The molecule has 0 aromatic carbocycles. The van der Waals surface area contributed by atoms with E-state index in [-0.39, 0.29) is 0 Å². The Kier molecular flexibility index (Phi) is 4.45. The van der Waals surface area contributed by atoms with E-state index < -0.39 is 0 Å². The van der Waals surface area contributed by atoms with Gasteiger partial charge in [0.25, 0.3) is 0 Å². The maximum absolute atomic E-state index is 6.32. The van der Waals surface area contributed by atoms with E-state index in [0.717, 1.165) is 18.9 Å². The molecule has 0 amide bonds. The molecular formula is C13H25NO. The summed E-state index contributed by atoms with van der Waals surface area (Å²) in [7, 11) is 0. The van der Waals surface area contributed by atoms with Gasteiger partial charge < -0.3 is 10.5 Å². The van der Waals surface area contributed by atoms with Crippen molar-refractivity contribution in [3.63, 3.8) is 0 Å². The van der Waals surface area contributed by atoms with Gasteiger partial charge >= 0.3 is 0 Å². The van der Waals surface area contributed by atoms with E-state index in [4.69, 9.17) is 10.5 Å². The molecule has 2 atom stereocenters. The van der Waals surface area contributed by atoms with E-state index in [0.29, 0.717) is 12.1 Å². The summed E-state index contributed by atoms with van der Waals surface area (Å²) in [5, 5.41) is 0. The van der Waals surface area contributed by atoms with Crippen molar-refractivity contribution in [2.75, 3.05) is 6.61 Å². The fourth-order valence-electron chi connectivity index (χ4n) is 3.07. The largest absolute Gasteiger partial charge is 0.378 e. The Morgan fingerprint density at radius 3 is 2.33 bits per heavy atom. The zero-order chi connectivity index (χ0) is 10.5. The van der Waals surface area contributed by atoms with Crippen LogP contribution in [-0.4, -0.2) is 18.8 Å². The number of hydrogen-bond acceptors (Lipinski definition) is 2. The Labute approximate surface area is 93.6 Å². The first kappa shape index (κ1) is 11.4. The van der Waals surface area contributed by atoms with Gasteiger partial charge in [-0.1, -0.05) is 25.7 Å². The van der Waals surface area contributed by atoms with Gasteiger partial charge in [-0.2, -0.15) is 0 Å². The smallest absolute Gasteiger partial charge is 0.0590 e. The maximum Gasteiger partial charge on any atom is 0.0590 e. The van der Waals surface area contributed by atoms with Crippen molar-refractivity contribution in [2.45, 2.75) is 69.9 Å². The Bertz CT molecular complexity index is 169. The first-order valence-corrected chi connectivity index (χ1v) is 6.73. The molecule has 1 aliphatic heterocycles. The number of nitrogens with two attached hydrogens (primary N) is 1. The van der Waals surface area contributed by atoms with Gasteiger partial charge in [0, 0.05) is 12.6 Å². The van der Waals surface area contributed by atoms with Crippen LogP contribution in [0.25, 0.3) is 0 Å². The molecule has 1 saturated heterocycles. The van der Waals surface area contributed by atoms with Gasteiger partial charge in [-0.3, -0.25) is 0 Å². The normalized spacial score (nSPS) is 31.4. The maximum atomic E-state index is 6.32. The van der Waals surface area contributed by atoms with Crippen molar-refractivity contribution in [3.05, 3.63) is 0 Å². The molecule has 0 spiro atoms. The third-order valence-electron chi connectivity index (χ3n) is 4.06. The van der Waals surface area contributed by atoms with Gasteiger partial charge in [-0.15, -0.1) is 0 Å². The molecule has 2 nitrogen and oxygen atoms in total. The Balaban J connectivity index is 1.74. The molecule has 2 unspecified atom stereocenters. The average Bonchev–Trinajstić information content (AvgIpc) is 2.58. The summed E-state index contributed by atoms with van der Waals surface area (Å²) in [6, 6.07) is 0.395. The summed E-state index contributed by atoms with van der Waals surface area (Å²) in [5.74, 6) is 0.775. The lowest BCUT2D eigenvalue weighted by atomic mass is 9.88. The molecule has 2 heteroatoms. The van der Waals surface area contributed by atoms with Gasteiger partial charge in [0.05, 0.1) is 6.10 Å². The van der Waals surface area contributed by atoms with E-state index in [1.54, 1.807) is 0 Å². The monoisotopic (exact) mass is 211 g/mol. The number of hydrogen-bond donors (Lipinski definition) is 1. The van der Waals surface area contributed by atoms with Crippen LogP contribution in [0.2, 0.25) is 0 Å². The summed E-state index contributed by atoms with van der Waals surface area (Å²) >= 11 is 0. The molecular weight excluding hydrogens is 186 g/mol. The van der Waals surface area contributed by atoms with Crippen molar-refractivity contribution in [1.82, 2.24) is 0 Å². The van der Waals surface area contributed by atoms with Crippen LogP contribution in [0.5, 0.6) is 0 Å². The summed E-state index contributed by atoms with van der Waals surface area (Å²) < 4.78 is 5.67. The average molecular weight is 211 g/mol. The van der Waals surface area contributed by atoms with Crippen molar-refractivity contribution >= 4 is 0 Å². The molecule has 2 aliphatic rings. The summed E-state index contributed by atoms with van der Waals surface area (Å²) in [6.07, 6.45) is 12.4. The number of rotatable bonds is 3. The zero-order valence-electron chi connectivity index (χ0n) is 9.79. The van der Waals surface area contributed by atoms with Crippen LogP contribution in [0.3, 0.4) is 0 Å². The molecule has 2 N–H and O–H groups in total. The lowest BCUT2D eigenvalue weighted by Crippen LogP contribution is -2.33. The summed E-state index contributed by atoms with van der Waals surface area (Å²) in [6.45, 7) is 0.960. The Morgan fingerprint density at radius 1 is 1.00 bits per heavy atom. The van der Waals surface area contributed by atoms with Crippen molar-refractivity contribution in [2.24, 2.45) is 11.7 Å². The highest BCUT2D eigenvalue weighted by Gasteiger charge is 2.24. The van der Waals surface area contributed by atoms with Crippen LogP contribution in [-0.2, 0) is 4.74 Å². The molecule has 0 radical (unpaired) electrons. The second kappa shape index (κ2) is 5.86. The highest BCUT2D eigenvalue weighted by Crippen LogP contribution is 2.28. The van der Waals surface area contributed by atoms with Crippen LogP contribution < -0.4 is 5.73 Å². The molecule has 1 saturated carbocycles. The van der Waals surface area contributed by atoms with E-state index in [2.05, 4.69) is 0 Å². The topological polar surface area (TPSA) is 35.2 Å². The predicted octanol–water partition coefficient (Wildman–Crippen LogP) is 2.85. The van der Waals surface area contributed by atoms with Crippen LogP contribution in [0.1, 0.15) is 57.8 Å². The molecule has 0 aromatic rings. The van der Waals surface area contributed by atoms with Crippen LogP contribution in [0, 0.1) is 5.92 Å². The Hall–Kier alpha value is -0.0800. The zero-order valence-corrected chi connectivity index (χ0v) is 9.79. The van der Waals surface area contributed by atoms with Gasteiger partial charge in [-0.25, -0.2) is 0 Å². The second-order valence-electron chi connectivity index (χ2n) is 5.29. The molecule has 0 bridgehead atoms. The van der Waals surface area contributed by atoms with E-state index in [9.17, 15) is 0 Å². The first-order valence-electron chi connectivity index (χ1n) is 6.73. The number of ether oxygens (including phenoxy) is 1. The lowest BCUT2D eigenvalue weighted by Gasteiger charge is -2.24. The lowest BCUT2D eigenvalue weighted by molar-refractivity contribution is 0.0910. The van der Waals surface area contributed by atoms with Gasteiger partial charge in [0.15, 0.2) is 0 Å². The van der Waals surface area contributed by atoms with Crippen molar-refractivity contribution in [3.8, 4) is 0 Å². The molecule has 2 fully saturated rings. The van der Waals surface area contributed by atoms with E-state index in [1.165, 1.54) is 51.4 Å². The quantitative estimate of drug-likeness (QED) is 0.729. The third-order valence-corrected chi connectivity index (χ3v) is 4.06. The minimum Gasteiger partial charge on any atom is -0.378 e. The summed E-state index contributed by atoms with van der Waals surface area (Å²) in [5.41, 5.74) is 6.32. The second-order valence-corrected chi connectivity index (χ2v) is 5.29. The fraction of sp³-hybridized carbons (Fsp3) is 1.00. The molecule has 0 aromatic heterocycles. The Morgan fingerprint density at radius 2 is 1.73 bits per heavy atom. The summed E-state index contributed by atoms with van der Waals surface area (Å²) in [4.78, 5) is 0. The van der Waals surface area contributed by atoms with E-state index in [1.807, 2.05) is 0 Å². The highest BCUT2D eigenvalue weighted by atomic mass is 16.5.